The van der Waals surface area contributed by atoms with Gasteiger partial charge in [-0.2, -0.15) is 0 Å². The predicted molar refractivity (Wildman–Crippen MR) is 137 cm³/mol. The van der Waals surface area contributed by atoms with Crippen LogP contribution in [0.15, 0.2) is 54.7 Å². The molecule has 6 nitrogen and oxygen atoms in total. The molecule has 1 heterocycles. The zero-order valence-electron chi connectivity index (χ0n) is 21.6. The molecule has 3 N–H and O–H groups in total. The lowest BCUT2D eigenvalue weighted by atomic mass is 9.85. The first-order valence-electron chi connectivity index (χ1n) is 12.1. The molecule has 0 aliphatic carbocycles. The van der Waals surface area contributed by atoms with Crippen LogP contribution in [0.2, 0.25) is 0 Å². The van der Waals surface area contributed by atoms with Crippen LogP contribution < -0.4 is 11.1 Å². The van der Waals surface area contributed by atoms with Crippen molar-refractivity contribution in [2.45, 2.75) is 65.3 Å². The van der Waals surface area contributed by atoms with Gasteiger partial charge in [-0.05, 0) is 55.0 Å². The van der Waals surface area contributed by atoms with Crippen molar-refractivity contribution in [1.29, 1.82) is 0 Å². The topological polar surface area (TPSA) is 82.2 Å². The lowest BCUT2D eigenvalue weighted by Gasteiger charge is -2.32. The van der Waals surface area contributed by atoms with E-state index in [9.17, 15) is 13.6 Å². The third kappa shape index (κ3) is 7.21. The van der Waals surface area contributed by atoms with Gasteiger partial charge in [-0.1, -0.05) is 45.0 Å². The van der Waals surface area contributed by atoms with E-state index >= 15 is 0 Å². The smallest absolute Gasteiger partial charge is 0.249 e. The number of carbonyl (C=O) groups is 1. The van der Waals surface area contributed by atoms with Gasteiger partial charge in [0.05, 0.1) is 11.7 Å². The predicted octanol–water partition coefficient (Wildman–Crippen LogP) is 5.22. The third-order valence-electron chi connectivity index (χ3n) is 6.04. The van der Waals surface area contributed by atoms with Crippen LogP contribution in [0.3, 0.4) is 0 Å². The number of aromatic nitrogens is 2. The number of rotatable bonds is 10. The van der Waals surface area contributed by atoms with E-state index < -0.39 is 17.6 Å². The normalized spacial score (nSPS) is 14.3. The molecule has 0 aliphatic heterocycles. The Morgan fingerprint density at radius 2 is 1.78 bits per heavy atom. The molecular formula is C28H36F2N4O2. The largest absolute Gasteiger partial charge is 0.372 e. The number of carbonyl (C=O) groups excluding carboxylic acids is 1. The molecule has 8 heteroatoms. The number of imidazole rings is 1. The van der Waals surface area contributed by atoms with Crippen molar-refractivity contribution in [2.24, 2.45) is 11.1 Å². The molecule has 1 amide bonds. The van der Waals surface area contributed by atoms with E-state index in [0.29, 0.717) is 36.5 Å². The number of halogens is 2. The van der Waals surface area contributed by atoms with Crippen molar-refractivity contribution in [1.82, 2.24) is 14.9 Å². The molecule has 1 aromatic heterocycles. The van der Waals surface area contributed by atoms with Crippen molar-refractivity contribution < 1.29 is 18.3 Å². The molecule has 2 aromatic carbocycles. The minimum atomic E-state index is -0.657. The van der Waals surface area contributed by atoms with Gasteiger partial charge in [0.15, 0.2) is 0 Å². The van der Waals surface area contributed by atoms with Crippen LogP contribution in [0, 0.1) is 17.0 Å². The second-order valence-corrected chi connectivity index (χ2v) is 10.3. The lowest BCUT2D eigenvalue weighted by Crippen LogP contribution is -2.44. The quantitative estimate of drug-likeness (QED) is 0.401. The molecule has 3 aromatic rings. The summed E-state index contributed by atoms with van der Waals surface area (Å²) in [4.78, 5) is 18.1. The molecule has 0 saturated heterocycles. The Morgan fingerprint density at radius 3 is 2.36 bits per heavy atom. The van der Waals surface area contributed by atoms with Gasteiger partial charge in [-0.15, -0.1) is 0 Å². The molecule has 0 fully saturated rings. The van der Waals surface area contributed by atoms with E-state index in [4.69, 9.17) is 15.5 Å². The van der Waals surface area contributed by atoms with Crippen LogP contribution in [0.1, 0.15) is 58.0 Å². The fraction of sp³-hybridized carbons (Fsp3) is 0.429. The van der Waals surface area contributed by atoms with Gasteiger partial charge in [0.2, 0.25) is 5.91 Å². The first-order chi connectivity index (χ1) is 17.0. The van der Waals surface area contributed by atoms with Crippen LogP contribution in [-0.2, 0) is 16.1 Å². The molecule has 3 atom stereocenters. The van der Waals surface area contributed by atoms with Gasteiger partial charge >= 0.3 is 0 Å². The molecule has 1 unspecified atom stereocenters. The number of benzene rings is 2. The van der Waals surface area contributed by atoms with E-state index in [-0.39, 0.29) is 23.6 Å². The van der Waals surface area contributed by atoms with Crippen molar-refractivity contribution in [3.63, 3.8) is 0 Å². The van der Waals surface area contributed by atoms with Crippen molar-refractivity contribution in [3.8, 4) is 11.3 Å². The summed E-state index contributed by atoms with van der Waals surface area (Å²) in [5.41, 5.74) is 7.36. The molecule has 0 spiro atoms. The van der Waals surface area contributed by atoms with Gasteiger partial charge in [0.25, 0.3) is 0 Å². The van der Waals surface area contributed by atoms with Gasteiger partial charge in [-0.3, -0.25) is 4.79 Å². The van der Waals surface area contributed by atoms with Crippen molar-refractivity contribution >= 4 is 5.91 Å². The van der Waals surface area contributed by atoms with Crippen LogP contribution in [0.5, 0.6) is 0 Å². The Balaban J connectivity index is 2.03. The molecule has 36 heavy (non-hydrogen) atoms. The van der Waals surface area contributed by atoms with E-state index in [1.807, 2.05) is 44.5 Å². The number of amides is 1. The summed E-state index contributed by atoms with van der Waals surface area (Å²) in [7, 11) is 1.50. The second kappa shape index (κ2) is 11.8. The maximum atomic E-state index is 14.0. The third-order valence-corrected chi connectivity index (χ3v) is 6.04. The number of hydrogen-bond donors (Lipinski definition) is 2. The van der Waals surface area contributed by atoms with Crippen LogP contribution in [0.25, 0.3) is 11.3 Å². The zero-order chi connectivity index (χ0) is 26.5. The highest BCUT2D eigenvalue weighted by Crippen LogP contribution is 2.34. The summed E-state index contributed by atoms with van der Waals surface area (Å²) in [5.74, 6) is -0.379. The summed E-state index contributed by atoms with van der Waals surface area (Å²) in [6, 6.07) is 12.0. The number of ether oxygens (including phenoxy) is 1. The average molecular weight is 499 g/mol. The Hall–Kier alpha value is -3.10. The molecule has 0 saturated carbocycles. The summed E-state index contributed by atoms with van der Waals surface area (Å²) in [5, 5.41) is 3.13. The number of hydrogen-bond acceptors (Lipinski definition) is 4. The van der Waals surface area contributed by atoms with Crippen LogP contribution in [-0.4, -0.2) is 34.7 Å². The fourth-order valence-electron chi connectivity index (χ4n) is 4.08. The van der Waals surface area contributed by atoms with Crippen LogP contribution in [0.4, 0.5) is 8.78 Å². The van der Waals surface area contributed by atoms with E-state index in [1.54, 1.807) is 18.2 Å². The maximum Gasteiger partial charge on any atom is 0.249 e. The molecule has 194 valence electrons. The summed E-state index contributed by atoms with van der Waals surface area (Å²) in [6.45, 7) is 8.23. The number of methoxy groups -OCH3 is 1. The molecule has 0 aliphatic rings. The average Bonchev–Trinajstić information content (AvgIpc) is 3.20. The van der Waals surface area contributed by atoms with E-state index in [2.05, 4.69) is 5.32 Å². The fourth-order valence-corrected chi connectivity index (χ4v) is 4.08. The van der Waals surface area contributed by atoms with Crippen LogP contribution >= 0.6 is 0 Å². The minimum absolute atomic E-state index is 0.0483. The zero-order valence-corrected chi connectivity index (χ0v) is 21.6. The van der Waals surface area contributed by atoms with Gasteiger partial charge in [0.1, 0.15) is 23.6 Å². The van der Waals surface area contributed by atoms with E-state index in [0.717, 1.165) is 5.56 Å². The maximum absolute atomic E-state index is 14.0. The Bertz CT molecular complexity index is 1170. The minimum Gasteiger partial charge on any atom is -0.372 e. The highest BCUT2D eigenvalue weighted by molar-refractivity contribution is 5.81. The van der Waals surface area contributed by atoms with Crippen molar-refractivity contribution in [2.75, 3.05) is 7.11 Å². The first-order valence-corrected chi connectivity index (χ1v) is 12.1. The van der Waals surface area contributed by atoms with E-state index in [1.165, 1.54) is 31.4 Å². The molecule has 0 radical (unpaired) electrons. The highest BCUT2D eigenvalue weighted by Gasteiger charge is 2.34. The molecular weight excluding hydrogens is 462 g/mol. The SMILES string of the molecule is COC(CC[C@@H](C)N)C(=O)N[C@@H](c1nc(-c2cccc(F)c2)cn1Cc1cccc(F)c1)C(C)(C)C. The summed E-state index contributed by atoms with van der Waals surface area (Å²) >= 11 is 0. The second-order valence-electron chi connectivity index (χ2n) is 10.3. The number of nitrogens with two attached hydrogens (primary N) is 1. The standard InChI is InChI=1S/C28H36F2N4O2/c1-18(31)12-13-24(36-5)27(35)33-25(28(2,3)4)26-32-23(20-9-7-11-22(30)15-20)17-34(26)16-19-8-6-10-21(29)14-19/h6-11,14-15,17-18,24-25H,12-13,16,31H2,1-5H3,(H,33,35)/t18-,24?,25+/m1/s1. The summed E-state index contributed by atoms with van der Waals surface area (Å²) in [6.07, 6.45) is 2.28. The monoisotopic (exact) mass is 498 g/mol. The van der Waals surface area contributed by atoms with Gasteiger partial charge < -0.3 is 20.4 Å². The number of nitrogens with one attached hydrogen (secondary N) is 1. The Kier molecular flexibility index (Phi) is 8.98. The van der Waals surface area contributed by atoms with Gasteiger partial charge in [-0.25, -0.2) is 13.8 Å². The molecule has 0 bridgehead atoms. The highest BCUT2D eigenvalue weighted by atomic mass is 19.1. The molecule has 3 rings (SSSR count). The lowest BCUT2D eigenvalue weighted by molar-refractivity contribution is -0.133. The number of nitrogens with zero attached hydrogens (tertiary/aromatic N) is 2. The Labute approximate surface area is 211 Å². The van der Waals surface area contributed by atoms with Gasteiger partial charge in [0, 0.05) is 31.5 Å². The Morgan fingerprint density at radius 1 is 1.11 bits per heavy atom. The van der Waals surface area contributed by atoms with Crippen molar-refractivity contribution in [3.05, 3.63) is 77.8 Å². The summed E-state index contributed by atoms with van der Waals surface area (Å²) < 4.78 is 35.2. The first kappa shape index (κ1) is 27.5.